The zero-order valence-corrected chi connectivity index (χ0v) is 22.9. The Morgan fingerprint density at radius 3 is 2.07 bits per heavy atom. The normalized spacial score (nSPS) is 15.4. The molecule has 0 aliphatic carbocycles. The molecule has 7 nitrogen and oxygen atoms in total. The summed E-state index contributed by atoms with van der Waals surface area (Å²) >= 11 is 0. The van der Waals surface area contributed by atoms with Gasteiger partial charge in [-0.3, -0.25) is 4.79 Å². The average Bonchev–Trinajstić information content (AvgIpc) is 2.93. The lowest BCUT2D eigenvalue weighted by atomic mass is 9.91. The van der Waals surface area contributed by atoms with Crippen molar-refractivity contribution in [2.45, 2.75) is 31.6 Å². The van der Waals surface area contributed by atoms with Gasteiger partial charge in [-0.2, -0.15) is 31.3 Å². The molecule has 14 heteroatoms. The SMILES string of the molecule is CCC(C(=O)N(C)c1cnc(N2CCN(C)CC2)nc1Oc1ccc(F)cc1)c1cc(C(F)(F)F)cc(C(F)(F)F)c1. The number of hydrogen-bond acceptors (Lipinski definition) is 6. The van der Waals surface area contributed by atoms with Gasteiger partial charge in [-0.05, 0) is 61.5 Å². The van der Waals surface area contributed by atoms with Crippen LogP contribution in [0.3, 0.4) is 0 Å². The topological polar surface area (TPSA) is 61.8 Å². The Morgan fingerprint density at radius 1 is 0.976 bits per heavy atom. The van der Waals surface area contributed by atoms with E-state index in [0.717, 1.165) is 30.1 Å². The average molecular weight is 600 g/mol. The number of nitrogens with zero attached hydrogens (tertiary/aromatic N) is 5. The van der Waals surface area contributed by atoms with Crippen molar-refractivity contribution in [3.63, 3.8) is 0 Å². The number of anilines is 2. The lowest BCUT2D eigenvalue weighted by Crippen LogP contribution is -2.45. The standard InChI is InChI=1S/C28H28F7N5O2/c1-4-22(17-13-18(27(30,31)32)15-19(14-17)28(33,34)35)25(41)39(3)23-16-36-26(40-11-9-38(2)10-12-40)37-24(23)42-21-7-5-20(29)6-8-21/h5-8,13-16,22H,4,9-12H2,1-3H3. The summed E-state index contributed by atoms with van der Waals surface area (Å²) in [6.07, 6.45) is -8.92. The molecule has 0 N–H and O–H groups in total. The van der Waals surface area contributed by atoms with Crippen LogP contribution in [0.2, 0.25) is 0 Å². The van der Waals surface area contributed by atoms with Crippen LogP contribution in [0.25, 0.3) is 0 Å². The Hall–Kier alpha value is -3.94. The number of ether oxygens (including phenoxy) is 1. The summed E-state index contributed by atoms with van der Waals surface area (Å²) in [7, 11) is 3.27. The molecule has 42 heavy (non-hydrogen) atoms. The second kappa shape index (κ2) is 12.1. The molecule has 4 rings (SSSR count). The van der Waals surface area contributed by atoms with Crippen LogP contribution >= 0.6 is 0 Å². The predicted octanol–water partition coefficient (Wildman–Crippen LogP) is 6.35. The van der Waals surface area contributed by atoms with Gasteiger partial charge in [0.05, 0.1) is 23.2 Å². The first-order valence-electron chi connectivity index (χ1n) is 13.0. The first-order valence-corrected chi connectivity index (χ1v) is 13.0. The lowest BCUT2D eigenvalue weighted by Gasteiger charge is -2.33. The Bertz CT molecular complexity index is 1370. The minimum Gasteiger partial charge on any atom is -0.437 e. The van der Waals surface area contributed by atoms with Crippen LogP contribution in [-0.4, -0.2) is 61.0 Å². The summed E-state index contributed by atoms with van der Waals surface area (Å²) in [5.74, 6) is -2.30. The van der Waals surface area contributed by atoms with Gasteiger partial charge in [-0.1, -0.05) is 6.92 Å². The van der Waals surface area contributed by atoms with Crippen LogP contribution in [0.1, 0.15) is 36.0 Å². The highest BCUT2D eigenvalue weighted by atomic mass is 19.4. The van der Waals surface area contributed by atoms with Gasteiger partial charge < -0.3 is 19.4 Å². The van der Waals surface area contributed by atoms with Crippen molar-refractivity contribution < 1.29 is 40.3 Å². The maximum Gasteiger partial charge on any atom is 0.416 e. The largest absolute Gasteiger partial charge is 0.437 e. The van der Waals surface area contributed by atoms with Gasteiger partial charge in [0.2, 0.25) is 17.7 Å². The number of likely N-dealkylation sites (N-methyl/N-ethyl adjacent to an activating group) is 2. The fraction of sp³-hybridized carbons (Fsp3) is 0.393. The van der Waals surface area contributed by atoms with E-state index in [2.05, 4.69) is 14.9 Å². The number of carbonyl (C=O) groups excluding carboxylic acids is 1. The third kappa shape index (κ3) is 7.09. The lowest BCUT2D eigenvalue weighted by molar-refractivity contribution is -0.143. The molecule has 1 unspecified atom stereocenters. The summed E-state index contributed by atoms with van der Waals surface area (Å²) in [6.45, 7) is 4.18. The molecule has 2 aromatic carbocycles. The van der Waals surface area contributed by atoms with Crippen LogP contribution in [0.15, 0.2) is 48.7 Å². The number of alkyl halides is 6. The molecule has 0 saturated carbocycles. The number of aromatic nitrogens is 2. The van der Waals surface area contributed by atoms with Gasteiger partial charge >= 0.3 is 12.4 Å². The van der Waals surface area contributed by atoms with E-state index in [4.69, 9.17) is 4.74 Å². The highest BCUT2D eigenvalue weighted by molar-refractivity contribution is 5.98. The van der Waals surface area contributed by atoms with Crippen LogP contribution in [-0.2, 0) is 17.1 Å². The van der Waals surface area contributed by atoms with Crippen molar-refractivity contribution >= 4 is 17.5 Å². The van der Waals surface area contributed by atoms with Gasteiger partial charge in [0.25, 0.3) is 0 Å². The highest BCUT2D eigenvalue weighted by Crippen LogP contribution is 2.39. The number of halogens is 7. The van der Waals surface area contributed by atoms with E-state index in [1.54, 1.807) is 0 Å². The van der Waals surface area contributed by atoms with Crippen molar-refractivity contribution in [1.29, 1.82) is 0 Å². The zero-order valence-electron chi connectivity index (χ0n) is 22.9. The molecular weight excluding hydrogens is 571 g/mol. The van der Waals surface area contributed by atoms with Crippen LogP contribution in [0, 0.1) is 5.82 Å². The Morgan fingerprint density at radius 2 is 1.55 bits per heavy atom. The fourth-order valence-corrected chi connectivity index (χ4v) is 4.51. The molecule has 1 aliphatic heterocycles. The molecule has 1 saturated heterocycles. The molecule has 226 valence electrons. The molecule has 2 heterocycles. The molecular formula is C28H28F7N5O2. The summed E-state index contributed by atoms with van der Waals surface area (Å²) in [6, 6.07) is 6.13. The second-order valence-corrected chi connectivity index (χ2v) is 9.90. The Labute approximate surface area is 237 Å². The van der Waals surface area contributed by atoms with Gasteiger partial charge in [0.1, 0.15) is 17.3 Å². The Balaban J connectivity index is 1.73. The highest BCUT2D eigenvalue weighted by Gasteiger charge is 2.38. The monoisotopic (exact) mass is 599 g/mol. The Kier molecular flexibility index (Phi) is 8.95. The third-order valence-corrected chi connectivity index (χ3v) is 6.95. The molecule has 3 aromatic rings. The van der Waals surface area contributed by atoms with Gasteiger partial charge in [-0.15, -0.1) is 0 Å². The molecule has 0 radical (unpaired) electrons. The van der Waals surface area contributed by atoms with Crippen molar-refractivity contribution in [3.05, 3.63) is 71.2 Å². The van der Waals surface area contributed by atoms with Gasteiger partial charge in [-0.25, -0.2) is 9.37 Å². The number of amides is 1. The number of hydrogen-bond donors (Lipinski definition) is 0. The summed E-state index contributed by atoms with van der Waals surface area (Å²) in [4.78, 5) is 27.6. The number of rotatable bonds is 7. The summed E-state index contributed by atoms with van der Waals surface area (Å²) in [5.41, 5.74) is -3.45. The van der Waals surface area contributed by atoms with E-state index in [1.807, 2.05) is 11.9 Å². The summed E-state index contributed by atoms with van der Waals surface area (Å²) < 4.78 is 100. The van der Waals surface area contributed by atoms with E-state index in [0.29, 0.717) is 31.2 Å². The molecule has 1 amide bonds. The molecule has 0 bridgehead atoms. The van der Waals surface area contributed by atoms with Gasteiger partial charge in [0.15, 0.2) is 0 Å². The maximum atomic E-state index is 13.7. The third-order valence-electron chi connectivity index (χ3n) is 6.95. The van der Waals surface area contributed by atoms with E-state index in [9.17, 15) is 35.5 Å². The minimum absolute atomic E-state index is 0.0173. The fourth-order valence-electron chi connectivity index (χ4n) is 4.51. The second-order valence-electron chi connectivity index (χ2n) is 9.90. The van der Waals surface area contributed by atoms with Crippen LogP contribution in [0.4, 0.5) is 42.4 Å². The van der Waals surface area contributed by atoms with Crippen molar-refractivity contribution in [1.82, 2.24) is 14.9 Å². The number of carbonyl (C=O) groups is 1. The first-order chi connectivity index (χ1) is 19.7. The van der Waals surface area contributed by atoms with E-state index < -0.39 is 46.7 Å². The number of benzene rings is 2. The van der Waals surface area contributed by atoms with E-state index in [1.165, 1.54) is 32.3 Å². The molecule has 1 fully saturated rings. The number of piperazine rings is 1. The predicted molar refractivity (Wildman–Crippen MR) is 141 cm³/mol. The molecule has 1 aromatic heterocycles. The van der Waals surface area contributed by atoms with E-state index in [-0.39, 0.29) is 29.8 Å². The van der Waals surface area contributed by atoms with Crippen molar-refractivity contribution in [2.24, 2.45) is 0 Å². The molecule has 1 aliphatic rings. The first kappa shape index (κ1) is 31.0. The zero-order chi connectivity index (χ0) is 30.8. The summed E-state index contributed by atoms with van der Waals surface area (Å²) in [5, 5.41) is 0. The minimum atomic E-state index is -5.06. The smallest absolute Gasteiger partial charge is 0.416 e. The van der Waals surface area contributed by atoms with E-state index >= 15 is 0 Å². The van der Waals surface area contributed by atoms with Crippen LogP contribution < -0.4 is 14.5 Å². The van der Waals surface area contributed by atoms with Crippen LogP contribution in [0.5, 0.6) is 11.6 Å². The molecule has 1 atom stereocenters. The van der Waals surface area contributed by atoms with Crippen molar-refractivity contribution in [2.75, 3.05) is 50.1 Å². The maximum absolute atomic E-state index is 13.7. The molecule has 0 spiro atoms. The van der Waals surface area contributed by atoms with Crippen molar-refractivity contribution in [3.8, 4) is 11.6 Å². The van der Waals surface area contributed by atoms with Gasteiger partial charge in [0, 0.05) is 33.2 Å². The quantitative estimate of drug-likeness (QED) is 0.295.